The standard InChI is InChI=1S/C26H23NO2/c28-26(29)24(19-11-7-8-12-19)22-17-9-10-18-23(22)27-25(20-13-3-1-4-14-20)21-15-5-2-6-16-21/h1-6,9-10,13-18H,7-8,11-12H2,(H,28,29). The number of carboxylic acids is 1. The van der Waals surface area contributed by atoms with Crippen LogP contribution in [0.3, 0.4) is 0 Å². The summed E-state index contributed by atoms with van der Waals surface area (Å²) in [6.45, 7) is 0. The Kier molecular flexibility index (Phi) is 5.66. The van der Waals surface area contributed by atoms with Crippen molar-refractivity contribution < 1.29 is 9.90 Å². The average molecular weight is 381 g/mol. The SMILES string of the molecule is O=C(O)C(=C1CCCC1)c1ccccc1N=C(c1ccccc1)c1ccccc1. The molecule has 3 aromatic rings. The molecule has 1 saturated carbocycles. The van der Waals surface area contributed by atoms with Gasteiger partial charge < -0.3 is 5.11 Å². The van der Waals surface area contributed by atoms with Gasteiger partial charge in [0.1, 0.15) is 0 Å². The van der Waals surface area contributed by atoms with Crippen molar-refractivity contribution in [3.05, 3.63) is 107 Å². The van der Waals surface area contributed by atoms with Crippen molar-refractivity contribution in [1.29, 1.82) is 0 Å². The topological polar surface area (TPSA) is 49.7 Å². The fourth-order valence-electron chi connectivity index (χ4n) is 3.90. The van der Waals surface area contributed by atoms with Gasteiger partial charge in [0.25, 0.3) is 0 Å². The van der Waals surface area contributed by atoms with E-state index in [9.17, 15) is 9.90 Å². The van der Waals surface area contributed by atoms with E-state index < -0.39 is 5.97 Å². The van der Waals surface area contributed by atoms with Gasteiger partial charge in [-0.05, 0) is 31.7 Å². The highest BCUT2D eigenvalue weighted by Gasteiger charge is 2.22. The molecule has 4 rings (SSSR count). The number of carbonyl (C=O) groups is 1. The van der Waals surface area contributed by atoms with Crippen LogP contribution >= 0.6 is 0 Å². The third-order valence-corrected chi connectivity index (χ3v) is 5.27. The van der Waals surface area contributed by atoms with Crippen molar-refractivity contribution in [1.82, 2.24) is 0 Å². The van der Waals surface area contributed by atoms with Crippen LogP contribution in [0.2, 0.25) is 0 Å². The Bertz CT molecular complexity index is 1020. The van der Waals surface area contributed by atoms with Gasteiger partial charge in [-0.3, -0.25) is 0 Å². The highest BCUT2D eigenvalue weighted by molar-refractivity contribution is 6.19. The van der Waals surface area contributed by atoms with Gasteiger partial charge in [0.05, 0.1) is 17.0 Å². The minimum Gasteiger partial charge on any atom is -0.478 e. The average Bonchev–Trinajstić information content (AvgIpc) is 3.28. The summed E-state index contributed by atoms with van der Waals surface area (Å²) in [4.78, 5) is 17.2. The van der Waals surface area contributed by atoms with Crippen molar-refractivity contribution in [3.63, 3.8) is 0 Å². The van der Waals surface area contributed by atoms with Crippen LogP contribution in [-0.4, -0.2) is 16.8 Å². The minimum absolute atomic E-state index is 0.419. The number of allylic oxidation sites excluding steroid dienone is 1. The molecule has 1 fully saturated rings. The predicted molar refractivity (Wildman–Crippen MR) is 118 cm³/mol. The zero-order chi connectivity index (χ0) is 20.1. The molecular weight excluding hydrogens is 358 g/mol. The molecule has 1 aliphatic carbocycles. The summed E-state index contributed by atoms with van der Waals surface area (Å²) in [5, 5.41) is 9.97. The molecule has 1 N–H and O–H groups in total. The van der Waals surface area contributed by atoms with E-state index in [1.807, 2.05) is 84.9 Å². The monoisotopic (exact) mass is 381 g/mol. The van der Waals surface area contributed by atoms with E-state index in [1.54, 1.807) is 0 Å². The van der Waals surface area contributed by atoms with E-state index >= 15 is 0 Å². The molecule has 0 unspecified atom stereocenters. The summed E-state index contributed by atoms with van der Waals surface area (Å²) in [6.07, 6.45) is 3.81. The molecule has 3 heteroatoms. The molecule has 0 aliphatic heterocycles. The molecule has 0 amide bonds. The number of aliphatic imine (C=N–C) groups is 1. The quantitative estimate of drug-likeness (QED) is 0.418. The molecule has 0 radical (unpaired) electrons. The first kappa shape index (κ1) is 18.9. The van der Waals surface area contributed by atoms with Crippen LogP contribution < -0.4 is 0 Å². The summed E-state index contributed by atoms with van der Waals surface area (Å²) in [7, 11) is 0. The Hall–Kier alpha value is -3.46. The fourth-order valence-corrected chi connectivity index (χ4v) is 3.90. The Labute approximate surface area is 171 Å². The number of nitrogens with zero attached hydrogens (tertiary/aromatic N) is 1. The van der Waals surface area contributed by atoms with Crippen molar-refractivity contribution in [3.8, 4) is 0 Å². The summed E-state index contributed by atoms with van der Waals surface area (Å²) < 4.78 is 0. The van der Waals surface area contributed by atoms with Gasteiger partial charge in [-0.25, -0.2) is 9.79 Å². The molecule has 0 bridgehead atoms. The largest absolute Gasteiger partial charge is 0.478 e. The van der Waals surface area contributed by atoms with E-state index in [0.29, 0.717) is 16.8 Å². The molecule has 144 valence electrons. The zero-order valence-electron chi connectivity index (χ0n) is 16.2. The molecule has 0 saturated heterocycles. The summed E-state index contributed by atoms with van der Waals surface area (Å²) in [6, 6.07) is 27.6. The summed E-state index contributed by atoms with van der Waals surface area (Å²) in [5.41, 5.74) is 5.66. The van der Waals surface area contributed by atoms with Gasteiger partial charge >= 0.3 is 5.97 Å². The number of carboxylic acid groups (broad SMARTS) is 1. The molecular formula is C26H23NO2. The lowest BCUT2D eigenvalue weighted by Crippen LogP contribution is -2.05. The number of hydrogen-bond donors (Lipinski definition) is 1. The van der Waals surface area contributed by atoms with Crippen LogP contribution in [0.1, 0.15) is 42.4 Å². The molecule has 3 aromatic carbocycles. The second-order valence-corrected chi connectivity index (χ2v) is 7.20. The maximum absolute atomic E-state index is 12.2. The highest BCUT2D eigenvalue weighted by Crippen LogP contribution is 2.36. The normalized spacial score (nSPS) is 13.2. The van der Waals surface area contributed by atoms with E-state index in [1.165, 1.54) is 0 Å². The van der Waals surface area contributed by atoms with E-state index in [4.69, 9.17) is 4.99 Å². The first-order chi connectivity index (χ1) is 14.2. The fraction of sp³-hybridized carbons (Fsp3) is 0.154. The number of para-hydroxylation sites is 1. The number of benzene rings is 3. The van der Waals surface area contributed by atoms with Crippen LogP contribution in [0.15, 0.2) is 95.5 Å². The van der Waals surface area contributed by atoms with Crippen LogP contribution in [0.5, 0.6) is 0 Å². The van der Waals surface area contributed by atoms with E-state index in [2.05, 4.69) is 0 Å². The third kappa shape index (κ3) is 4.19. The van der Waals surface area contributed by atoms with Gasteiger partial charge in [-0.15, -0.1) is 0 Å². The van der Waals surface area contributed by atoms with Crippen molar-refractivity contribution in [2.75, 3.05) is 0 Å². The predicted octanol–water partition coefficient (Wildman–Crippen LogP) is 6.27. The minimum atomic E-state index is -0.870. The van der Waals surface area contributed by atoms with E-state index in [0.717, 1.165) is 48.1 Å². The molecule has 0 heterocycles. The van der Waals surface area contributed by atoms with Gasteiger partial charge in [0.15, 0.2) is 0 Å². The van der Waals surface area contributed by atoms with Crippen molar-refractivity contribution in [2.45, 2.75) is 25.7 Å². The van der Waals surface area contributed by atoms with Crippen molar-refractivity contribution >= 4 is 22.9 Å². The van der Waals surface area contributed by atoms with Gasteiger partial charge in [-0.1, -0.05) is 84.4 Å². The third-order valence-electron chi connectivity index (χ3n) is 5.27. The summed E-state index contributed by atoms with van der Waals surface area (Å²) >= 11 is 0. The van der Waals surface area contributed by atoms with Crippen LogP contribution in [0.25, 0.3) is 5.57 Å². The zero-order valence-corrected chi connectivity index (χ0v) is 16.2. The highest BCUT2D eigenvalue weighted by atomic mass is 16.4. The number of hydrogen-bond acceptors (Lipinski definition) is 2. The Morgan fingerprint density at radius 1 is 0.724 bits per heavy atom. The molecule has 0 atom stereocenters. The summed E-state index contributed by atoms with van der Waals surface area (Å²) in [5.74, 6) is -0.870. The smallest absolute Gasteiger partial charge is 0.336 e. The number of aliphatic carboxylic acids is 1. The Morgan fingerprint density at radius 3 is 1.79 bits per heavy atom. The maximum Gasteiger partial charge on any atom is 0.336 e. The molecule has 0 aromatic heterocycles. The second-order valence-electron chi connectivity index (χ2n) is 7.20. The lowest BCUT2D eigenvalue weighted by atomic mass is 9.96. The number of rotatable bonds is 5. The van der Waals surface area contributed by atoms with Gasteiger partial charge in [0, 0.05) is 16.7 Å². The van der Waals surface area contributed by atoms with Crippen molar-refractivity contribution in [2.24, 2.45) is 4.99 Å². The molecule has 3 nitrogen and oxygen atoms in total. The second kappa shape index (κ2) is 8.70. The lowest BCUT2D eigenvalue weighted by Gasteiger charge is -2.13. The van der Waals surface area contributed by atoms with Crippen LogP contribution in [0, 0.1) is 0 Å². The van der Waals surface area contributed by atoms with Crippen LogP contribution in [0.4, 0.5) is 5.69 Å². The lowest BCUT2D eigenvalue weighted by molar-refractivity contribution is -0.130. The Balaban J connectivity index is 1.91. The molecule has 0 spiro atoms. The first-order valence-corrected chi connectivity index (χ1v) is 9.98. The first-order valence-electron chi connectivity index (χ1n) is 9.98. The van der Waals surface area contributed by atoms with Gasteiger partial charge in [0.2, 0.25) is 0 Å². The Morgan fingerprint density at radius 2 is 1.24 bits per heavy atom. The van der Waals surface area contributed by atoms with Gasteiger partial charge in [-0.2, -0.15) is 0 Å². The maximum atomic E-state index is 12.2. The molecule has 1 aliphatic rings. The van der Waals surface area contributed by atoms with E-state index in [-0.39, 0.29) is 0 Å². The molecule has 29 heavy (non-hydrogen) atoms. The van der Waals surface area contributed by atoms with Crippen LogP contribution in [-0.2, 0) is 4.79 Å².